The predicted molar refractivity (Wildman–Crippen MR) is 72.1 cm³/mol. The average molecular weight is 253 g/mol. The molecular formula is C15H15N3O. The Hall–Kier alpha value is -2.41. The summed E-state index contributed by atoms with van der Waals surface area (Å²) in [6.45, 7) is 6.21. The van der Waals surface area contributed by atoms with Crippen molar-refractivity contribution in [1.29, 1.82) is 5.26 Å². The number of ether oxygens (including phenoxy) is 1. The fourth-order valence-corrected chi connectivity index (χ4v) is 1.67. The van der Waals surface area contributed by atoms with Crippen LogP contribution in [0, 0.1) is 18.3 Å². The number of benzene rings is 1. The molecule has 2 aromatic rings. The summed E-state index contributed by atoms with van der Waals surface area (Å²) in [6.07, 6.45) is 2.99. The number of aromatic nitrogens is 2. The van der Waals surface area contributed by atoms with Gasteiger partial charge in [0.2, 0.25) is 5.69 Å². The average Bonchev–Trinajstić information content (AvgIpc) is 2.41. The molecule has 0 bridgehead atoms. The van der Waals surface area contributed by atoms with E-state index >= 15 is 0 Å². The van der Waals surface area contributed by atoms with Gasteiger partial charge >= 0.3 is 0 Å². The van der Waals surface area contributed by atoms with E-state index in [1.54, 1.807) is 0 Å². The van der Waals surface area contributed by atoms with Gasteiger partial charge in [0.25, 0.3) is 5.88 Å². The number of nitriles is 1. The standard InChI is InChI=1S/C15H15N3O/c1-10(2)12-5-4-11(3)14(8-12)19-15-13(9-16)17-6-7-18-15/h4-8,10H,1-3H3. The first-order chi connectivity index (χ1) is 9.11. The zero-order chi connectivity index (χ0) is 13.8. The zero-order valence-corrected chi connectivity index (χ0v) is 11.2. The molecular weight excluding hydrogens is 238 g/mol. The summed E-state index contributed by atoms with van der Waals surface area (Å²) in [6, 6.07) is 8.04. The van der Waals surface area contributed by atoms with E-state index in [1.807, 2.05) is 25.1 Å². The molecule has 19 heavy (non-hydrogen) atoms. The first-order valence-corrected chi connectivity index (χ1v) is 6.11. The second-order valence-electron chi connectivity index (χ2n) is 4.60. The molecule has 0 saturated heterocycles. The van der Waals surface area contributed by atoms with Crippen LogP contribution in [-0.4, -0.2) is 9.97 Å². The summed E-state index contributed by atoms with van der Waals surface area (Å²) >= 11 is 0. The summed E-state index contributed by atoms with van der Waals surface area (Å²) < 4.78 is 5.73. The molecule has 1 heterocycles. The second-order valence-corrected chi connectivity index (χ2v) is 4.60. The summed E-state index contributed by atoms with van der Waals surface area (Å²) in [5.74, 6) is 1.37. The Morgan fingerprint density at radius 3 is 2.63 bits per heavy atom. The lowest BCUT2D eigenvalue weighted by atomic mass is 10.0. The highest BCUT2D eigenvalue weighted by atomic mass is 16.5. The van der Waals surface area contributed by atoms with Crippen LogP contribution in [0.5, 0.6) is 11.6 Å². The van der Waals surface area contributed by atoms with Gasteiger partial charge in [-0.2, -0.15) is 5.26 Å². The number of hydrogen-bond donors (Lipinski definition) is 0. The molecule has 0 saturated carbocycles. The van der Waals surface area contributed by atoms with E-state index in [2.05, 4.69) is 29.9 Å². The van der Waals surface area contributed by atoms with Gasteiger partial charge in [-0.15, -0.1) is 0 Å². The molecule has 0 fully saturated rings. The zero-order valence-electron chi connectivity index (χ0n) is 11.2. The van der Waals surface area contributed by atoms with E-state index in [9.17, 15) is 0 Å². The molecule has 0 spiro atoms. The van der Waals surface area contributed by atoms with Crippen LogP contribution in [0.25, 0.3) is 0 Å². The molecule has 4 nitrogen and oxygen atoms in total. The summed E-state index contributed by atoms with van der Waals surface area (Å²) in [7, 11) is 0. The summed E-state index contributed by atoms with van der Waals surface area (Å²) in [5.41, 5.74) is 2.37. The van der Waals surface area contributed by atoms with Crippen LogP contribution in [0.1, 0.15) is 36.6 Å². The number of nitrogens with zero attached hydrogens (tertiary/aromatic N) is 3. The Balaban J connectivity index is 2.38. The Bertz CT molecular complexity index is 630. The van der Waals surface area contributed by atoms with E-state index < -0.39 is 0 Å². The van der Waals surface area contributed by atoms with Crippen molar-refractivity contribution in [2.75, 3.05) is 0 Å². The fourth-order valence-electron chi connectivity index (χ4n) is 1.67. The minimum Gasteiger partial charge on any atom is -0.436 e. The van der Waals surface area contributed by atoms with Gasteiger partial charge in [-0.3, -0.25) is 0 Å². The van der Waals surface area contributed by atoms with Gasteiger partial charge < -0.3 is 4.74 Å². The van der Waals surface area contributed by atoms with Crippen molar-refractivity contribution >= 4 is 0 Å². The molecule has 0 aliphatic rings. The molecule has 0 unspecified atom stereocenters. The van der Waals surface area contributed by atoms with Crippen molar-refractivity contribution < 1.29 is 4.74 Å². The maximum Gasteiger partial charge on any atom is 0.256 e. The van der Waals surface area contributed by atoms with Crippen LogP contribution < -0.4 is 4.74 Å². The molecule has 0 aliphatic heterocycles. The lowest BCUT2D eigenvalue weighted by Gasteiger charge is -2.12. The highest BCUT2D eigenvalue weighted by Gasteiger charge is 2.10. The SMILES string of the molecule is Cc1ccc(C(C)C)cc1Oc1nccnc1C#N. The van der Waals surface area contributed by atoms with Gasteiger partial charge in [-0.25, -0.2) is 9.97 Å². The predicted octanol–water partition coefficient (Wildman–Crippen LogP) is 3.57. The van der Waals surface area contributed by atoms with Crippen LogP contribution in [0.2, 0.25) is 0 Å². The molecule has 0 aliphatic carbocycles. The van der Waals surface area contributed by atoms with E-state index in [-0.39, 0.29) is 11.6 Å². The molecule has 0 atom stereocenters. The lowest BCUT2D eigenvalue weighted by molar-refractivity contribution is 0.454. The van der Waals surface area contributed by atoms with Gasteiger partial charge in [-0.05, 0) is 30.0 Å². The van der Waals surface area contributed by atoms with Crippen molar-refractivity contribution in [3.8, 4) is 17.7 Å². The molecule has 2 rings (SSSR count). The van der Waals surface area contributed by atoms with Crippen molar-refractivity contribution in [1.82, 2.24) is 9.97 Å². The van der Waals surface area contributed by atoms with Crippen molar-refractivity contribution in [2.24, 2.45) is 0 Å². The minimum absolute atomic E-state index is 0.192. The number of hydrogen-bond acceptors (Lipinski definition) is 4. The molecule has 96 valence electrons. The molecule has 0 radical (unpaired) electrons. The molecule has 4 heteroatoms. The smallest absolute Gasteiger partial charge is 0.256 e. The Morgan fingerprint density at radius 1 is 1.21 bits per heavy atom. The third kappa shape index (κ3) is 2.89. The third-order valence-electron chi connectivity index (χ3n) is 2.86. The third-order valence-corrected chi connectivity index (χ3v) is 2.86. The van der Waals surface area contributed by atoms with E-state index in [4.69, 9.17) is 10.00 Å². The maximum atomic E-state index is 8.98. The highest BCUT2D eigenvalue weighted by molar-refractivity contribution is 5.42. The topological polar surface area (TPSA) is 58.8 Å². The Labute approximate surface area is 112 Å². The van der Waals surface area contributed by atoms with Gasteiger partial charge in [0, 0.05) is 12.4 Å². The van der Waals surface area contributed by atoms with Gasteiger partial charge in [0.15, 0.2) is 0 Å². The van der Waals surface area contributed by atoms with E-state index in [0.717, 1.165) is 5.56 Å². The van der Waals surface area contributed by atoms with Gasteiger partial charge in [-0.1, -0.05) is 26.0 Å². The van der Waals surface area contributed by atoms with Crippen LogP contribution >= 0.6 is 0 Å². The van der Waals surface area contributed by atoms with Crippen LogP contribution in [-0.2, 0) is 0 Å². The second kappa shape index (κ2) is 5.49. The molecule has 1 aromatic carbocycles. The van der Waals surface area contributed by atoms with Crippen LogP contribution in [0.3, 0.4) is 0 Å². The van der Waals surface area contributed by atoms with Gasteiger partial charge in [0.1, 0.15) is 11.8 Å². The molecule has 0 N–H and O–H groups in total. The van der Waals surface area contributed by atoms with Crippen molar-refractivity contribution in [3.63, 3.8) is 0 Å². The maximum absolute atomic E-state index is 8.98. The Kier molecular flexibility index (Phi) is 3.76. The lowest BCUT2D eigenvalue weighted by Crippen LogP contribution is -1.97. The van der Waals surface area contributed by atoms with E-state index in [0.29, 0.717) is 11.7 Å². The van der Waals surface area contributed by atoms with Crippen LogP contribution in [0.15, 0.2) is 30.6 Å². The minimum atomic E-state index is 0.192. The Morgan fingerprint density at radius 2 is 1.95 bits per heavy atom. The summed E-state index contributed by atoms with van der Waals surface area (Å²) in [4.78, 5) is 7.99. The van der Waals surface area contributed by atoms with E-state index in [1.165, 1.54) is 18.0 Å². The number of rotatable bonds is 3. The summed E-state index contributed by atoms with van der Waals surface area (Å²) in [5, 5.41) is 8.98. The number of aryl methyl sites for hydroxylation is 1. The molecule has 1 aromatic heterocycles. The monoisotopic (exact) mass is 253 g/mol. The largest absolute Gasteiger partial charge is 0.436 e. The first-order valence-electron chi connectivity index (χ1n) is 6.11. The first kappa shape index (κ1) is 13.0. The van der Waals surface area contributed by atoms with Gasteiger partial charge in [0.05, 0.1) is 0 Å². The van der Waals surface area contributed by atoms with Crippen molar-refractivity contribution in [3.05, 3.63) is 47.4 Å². The van der Waals surface area contributed by atoms with Crippen molar-refractivity contribution in [2.45, 2.75) is 26.7 Å². The van der Waals surface area contributed by atoms with Crippen LogP contribution in [0.4, 0.5) is 0 Å². The molecule has 0 amide bonds. The highest BCUT2D eigenvalue weighted by Crippen LogP contribution is 2.28. The quantitative estimate of drug-likeness (QED) is 0.839. The normalized spacial score (nSPS) is 10.3. The fraction of sp³-hybridized carbons (Fsp3) is 0.267.